The number of ether oxygens (including phenoxy) is 1. The van der Waals surface area contributed by atoms with E-state index in [0.29, 0.717) is 0 Å². The fraction of sp³-hybridized carbons (Fsp3) is 0.385. The molecule has 0 saturated carbocycles. The quantitative estimate of drug-likeness (QED) is 0.688. The molecule has 1 fully saturated rings. The van der Waals surface area contributed by atoms with Crippen LogP contribution in [0.1, 0.15) is 33.6 Å². The highest BCUT2D eigenvalue weighted by molar-refractivity contribution is 9.09. The second-order valence-corrected chi connectivity index (χ2v) is 4.77. The highest BCUT2D eigenvalue weighted by Gasteiger charge is 2.06. The molecule has 1 aromatic rings. The number of aromatic carboxylic acids is 1. The van der Waals surface area contributed by atoms with Crippen LogP contribution in [-0.2, 0) is 9.53 Å². The number of carboxylic acid groups (broad SMARTS) is 1. The van der Waals surface area contributed by atoms with Gasteiger partial charge in [-0.1, -0.05) is 28.1 Å². The third-order valence-corrected chi connectivity index (χ3v) is 3.17. The maximum atomic E-state index is 10.5. The number of benzene rings is 1. The van der Waals surface area contributed by atoms with Crippen molar-refractivity contribution in [3.63, 3.8) is 0 Å². The van der Waals surface area contributed by atoms with Gasteiger partial charge in [0.1, 0.15) is 6.29 Å². The predicted molar refractivity (Wildman–Crippen MR) is 71.2 cm³/mol. The average molecular weight is 315 g/mol. The summed E-state index contributed by atoms with van der Waals surface area (Å²) in [5.41, 5.74) is 0.967. The number of carboxylic acids is 1. The van der Waals surface area contributed by atoms with Gasteiger partial charge in [-0.3, -0.25) is 0 Å². The molecule has 0 aliphatic carbocycles. The van der Waals surface area contributed by atoms with Gasteiger partial charge in [-0.15, -0.1) is 0 Å². The Bertz CT molecular complexity index is 377. The molecule has 18 heavy (non-hydrogen) atoms. The van der Waals surface area contributed by atoms with E-state index in [0.717, 1.165) is 25.1 Å². The molecule has 5 heteroatoms. The lowest BCUT2D eigenvalue weighted by atomic mass is 10.1. The van der Waals surface area contributed by atoms with Crippen LogP contribution >= 0.6 is 15.9 Å². The van der Waals surface area contributed by atoms with Gasteiger partial charge in [0.15, 0.2) is 0 Å². The van der Waals surface area contributed by atoms with Gasteiger partial charge < -0.3 is 14.6 Å². The molecule has 0 radical (unpaired) electrons. The number of aldehydes is 1. The van der Waals surface area contributed by atoms with E-state index in [9.17, 15) is 9.59 Å². The molecule has 1 aromatic carbocycles. The summed E-state index contributed by atoms with van der Waals surface area (Å²) in [4.78, 5) is 20.5. The monoisotopic (exact) mass is 314 g/mol. The van der Waals surface area contributed by atoms with Crippen LogP contribution in [0.3, 0.4) is 0 Å². The first-order valence-corrected chi connectivity index (χ1v) is 6.57. The van der Waals surface area contributed by atoms with Crippen LogP contribution in [0.4, 0.5) is 0 Å². The molecule has 1 N–H and O–H groups in total. The Balaban J connectivity index is 0.000000269. The van der Waals surface area contributed by atoms with Crippen molar-refractivity contribution < 1.29 is 19.4 Å². The first-order valence-electron chi connectivity index (χ1n) is 5.65. The van der Waals surface area contributed by atoms with Gasteiger partial charge >= 0.3 is 5.97 Å². The van der Waals surface area contributed by atoms with Crippen molar-refractivity contribution in [3.8, 4) is 0 Å². The van der Waals surface area contributed by atoms with Crippen LogP contribution in [0.2, 0.25) is 0 Å². The van der Waals surface area contributed by atoms with Gasteiger partial charge in [-0.05, 0) is 30.5 Å². The zero-order chi connectivity index (χ0) is 13.4. The summed E-state index contributed by atoms with van der Waals surface area (Å²) in [5.74, 6) is -0.969. The van der Waals surface area contributed by atoms with Gasteiger partial charge in [0.2, 0.25) is 0 Å². The van der Waals surface area contributed by atoms with Crippen molar-refractivity contribution in [1.82, 2.24) is 0 Å². The van der Waals surface area contributed by atoms with Crippen molar-refractivity contribution in [3.05, 3.63) is 35.4 Å². The zero-order valence-electron chi connectivity index (χ0n) is 9.84. The van der Waals surface area contributed by atoms with E-state index in [4.69, 9.17) is 9.84 Å². The Morgan fingerprint density at radius 2 is 1.83 bits per heavy atom. The number of rotatable bonds is 3. The van der Waals surface area contributed by atoms with E-state index < -0.39 is 5.97 Å². The summed E-state index contributed by atoms with van der Waals surface area (Å²) < 4.78 is 4.94. The highest BCUT2D eigenvalue weighted by atomic mass is 79.9. The highest BCUT2D eigenvalue weighted by Crippen LogP contribution is 2.20. The van der Waals surface area contributed by atoms with Gasteiger partial charge in [0.05, 0.1) is 10.4 Å². The molecule has 0 bridgehead atoms. The zero-order valence-corrected chi connectivity index (χ0v) is 11.4. The third kappa shape index (κ3) is 4.98. The molecule has 1 heterocycles. The van der Waals surface area contributed by atoms with Crippen LogP contribution in [-0.4, -0.2) is 30.6 Å². The van der Waals surface area contributed by atoms with E-state index in [1.54, 1.807) is 12.1 Å². The first-order chi connectivity index (χ1) is 8.65. The Kier molecular flexibility index (Phi) is 6.60. The molecule has 98 valence electrons. The van der Waals surface area contributed by atoms with Crippen LogP contribution in [0.15, 0.2) is 24.3 Å². The number of carbonyl (C=O) groups is 2. The molecule has 1 unspecified atom stereocenters. The topological polar surface area (TPSA) is 63.6 Å². The smallest absolute Gasteiger partial charge is 0.335 e. The number of halogens is 1. The van der Waals surface area contributed by atoms with Crippen molar-refractivity contribution in [2.75, 3.05) is 13.2 Å². The number of alkyl halides is 1. The molecule has 4 nitrogen and oxygen atoms in total. The minimum absolute atomic E-state index is 0.217. The third-order valence-electron chi connectivity index (χ3n) is 2.42. The minimum Gasteiger partial charge on any atom is -0.478 e. The second kappa shape index (κ2) is 8.00. The van der Waals surface area contributed by atoms with Gasteiger partial charge in [0, 0.05) is 13.2 Å². The standard InChI is InChI=1S/C9H7BrO3.C4H8O/c10-8(5-11)6-1-3-7(4-2-6)9(12)13;1-2-4-5-3-1/h1-5,8H,(H,12,13);1-4H2. The Morgan fingerprint density at radius 3 is 2.17 bits per heavy atom. The summed E-state index contributed by atoms with van der Waals surface area (Å²) >= 11 is 3.13. The minimum atomic E-state index is -0.969. The van der Waals surface area contributed by atoms with Crippen LogP contribution in [0.25, 0.3) is 0 Å². The normalized spacial score (nSPS) is 15.4. The molecule has 1 saturated heterocycles. The Labute approximate surface area is 114 Å². The van der Waals surface area contributed by atoms with Crippen molar-refractivity contribution in [1.29, 1.82) is 0 Å². The van der Waals surface area contributed by atoms with E-state index in [1.807, 2.05) is 0 Å². The van der Waals surface area contributed by atoms with Gasteiger partial charge in [0.25, 0.3) is 0 Å². The number of hydrogen-bond donors (Lipinski definition) is 1. The van der Waals surface area contributed by atoms with Gasteiger partial charge in [-0.25, -0.2) is 4.79 Å². The lowest BCUT2D eigenvalue weighted by molar-refractivity contribution is -0.107. The number of hydrogen-bond acceptors (Lipinski definition) is 3. The largest absolute Gasteiger partial charge is 0.478 e. The van der Waals surface area contributed by atoms with E-state index in [2.05, 4.69) is 15.9 Å². The molecule has 1 aliphatic heterocycles. The van der Waals surface area contributed by atoms with E-state index >= 15 is 0 Å². The number of carbonyl (C=O) groups excluding carboxylic acids is 1. The fourth-order valence-electron chi connectivity index (χ4n) is 1.40. The maximum absolute atomic E-state index is 10.5. The van der Waals surface area contributed by atoms with E-state index in [1.165, 1.54) is 25.0 Å². The van der Waals surface area contributed by atoms with Crippen molar-refractivity contribution in [2.24, 2.45) is 0 Å². The molecule has 0 aromatic heterocycles. The summed E-state index contributed by atoms with van der Waals surface area (Å²) in [6, 6.07) is 6.15. The lowest BCUT2D eigenvalue weighted by Gasteiger charge is -2.01. The predicted octanol–water partition coefficient (Wildman–Crippen LogP) is 2.82. The SMILES string of the molecule is C1CCOC1.O=CC(Br)c1ccc(C(=O)O)cc1. The van der Waals surface area contributed by atoms with E-state index in [-0.39, 0.29) is 10.4 Å². The molecule has 1 aliphatic rings. The summed E-state index contributed by atoms with van der Waals surface area (Å²) in [6.45, 7) is 2.00. The lowest BCUT2D eigenvalue weighted by Crippen LogP contribution is -1.97. The Morgan fingerprint density at radius 1 is 1.28 bits per heavy atom. The fourth-order valence-corrected chi connectivity index (χ4v) is 1.70. The van der Waals surface area contributed by atoms with Crippen LogP contribution in [0, 0.1) is 0 Å². The van der Waals surface area contributed by atoms with Crippen LogP contribution in [0.5, 0.6) is 0 Å². The second-order valence-electron chi connectivity index (χ2n) is 3.78. The Hall–Kier alpha value is -1.20. The molecule has 1 atom stereocenters. The molecule has 0 spiro atoms. The molecule has 2 rings (SSSR count). The maximum Gasteiger partial charge on any atom is 0.335 e. The first kappa shape index (κ1) is 14.9. The summed E-state index contributed by atoms with van der Waals surface area (Å²) in [5, 5.41) is 8.59. The van der Waals surface area contributed by atoms with Gasteiger partial charge in [-0.2, -0.15) is 0 Å². The van der Waals surface area contributed by atoms with Crippen molar-refractivity contribution in [2.45, 2.75) is 17.7 Å². The summed E-state index contributed by atoms with van der Waals surface area (Å²) in [6.07, 6.45) is 3.30. The molecular formula is C13H15BrO4. The molecule has 0 amide bonds. The molecular weight excluding hydrogens is 300 g/mol. The van der Waals surface area contributed by atoms with Crippen LogP contribution < -0.4 is 0 Å². The summed E-state index contributed by atoms with van der Waals surface area (Å²) in [7, 11) is 0. The van der Waals surface area contributed by atoms with Crippen molar-refractivity contribution >= 4 is 28.2 Å². The average Bonchev–Trinajstić information content (AvgIpc) is 2.97.